The quantitative estimate of drug-likeness (QED) is 0.530. The molecule has 2 saturated heterocycles. The highest BCUT2D eigenvalue weighted by atomic mass is 16.3. The normalized spacial score (nSPS) is 29.5. The van der Waals surface area contributed by atoms with E-state index in [0.29, 0.717) is 18.1 Å². The SMILES string of the molecule is CCN1CCCC1CN=C(NCCc1ccco1)NC1CC(C)N(C2CC2)C1. The summed E-state index contributed by atoms with van der Waals surface area (Å²) in [5, 5.41) is 7.30. The first-order valence-electron chi connectivity index (χ1n) is 11.3. The molecular formula is C22H37N5O. The Labute approximate surface area is 169 Å². The summed E-state index contributed by atoms with van der Waals surface area (Å²) in [6, 6.07) is 6.60. The average molecular weight is 388 g/mol. The first kappa shape index (κ1) is 19.8. The number of furan rings is 1. The molecule has 156 valence electrons. The van der Waals surface area contributed by atoms with Gasteiger partial charge in [-0.05, 0) is 64.3 Å². The number of likely N-dealkylation sites (N-methyl/N-ethyl adjacent to an activating group) is 1. The molecule has 0 spiro atoms. The van der Waals surface area contributed by atoms with Crippen LogP contribution in [-0.4, -0.2) is 72.7 Å². The van der Waals surface area contributed by atoms with Gasteiger partial charge in [0, 0.05) is 43.7 Å². The summed E-state index contributed by atoms with van der Waals surface area (Å²) >= 11 is 0. The highest BCUT2D eigenvalue weighted by Gasteiger charge is 2.39. The number of aliphatic imine (C=N–C) groups is 1. The molecule has 0 aromatic carbocycles. The van der Waals surface area contributed by atoms with Gasteiger partial charge in [-0.3, -0.25) is 14.8 Å². The van der Waals surface area contributed by atoms with Gasteiger partial charge in [0.2, 0.25) is 0 Å². The summed E-state index contributed by atoms with van der Waals surface area (Å²) in [7, 11) is 0. The lowest BCUT2D eigenvalue weighted by Crippen LogP contribution is -2.46. The number of nitrogens with zero attached hydrogens (tertiary/aromatic N) is 3. The zero-order chi connectivity index (χ0) is 19.3. The van der Waals surface area contributed by atoms with Gasteiger partial charge in [0.1, 0.15) is 5.76 Å². The Hall–Kier alpha value is -1.53. The summed E-state index contributed by atoms with van der Waals surface area (Å²) in [5.74, 6) is 2.00. The first-order valence-corrected chi connectivity index (χ1v) is 11.3. The Morgan fingerprint density at radius 2 is 2.21 bits per heavy atom. The maximum Gasteiger partial charge on any atom is 0.191 e. The summed E-state index contributed by atoms with van der Waals surface area (Å²) in [4.78, 5) is 10.3. The zero-order valence-corrected chi connectivity index (χ0v) is 17.6. The van der Waals surface area contributed by atoms with Crippen molar-refractivity contribution < 1.29 is 4.42 Å². The molecule has 2 aliphatic heterocycles. The van der Waals surface area contributed by atoms with Crippen molar-refractivity contribution in [3.8, 4) is 0 Å². The predicted octanol–water partition coefficient (Wildman–Crippen LogP) is 2.47. The van der Waals surface area contributed by atoms with Crippen LogP contribution in [-0.2, 0) is 6.42 Å². The first-order chi connectivity index (χ1) is 13.7. The van der Waals surface area contributed by atoms with Crippen molar-refractivity contribution in [1.82, 2.24) is 20.4 Å². The van der Waals surface area contributed by atoms with Gasteiger partial charge in [-0.15, -0.1) is 0 Å². The maximum atomic E-state index is 5.47. The topological polar surface area (TPSA) is 56.0 Å². The Balaban J connectivity index is 1.33. The minimum Gasteiger partial charge on any atom is -0.469 e. The van der Waals surface area contributed by atoms with Crippen molar-refractivity contribution in [2.45, 2.75) is 76.5 Å². The van der Waals surface area contributed by atoms with Gasteiger partial charge in [-0.25, -0.2) is 0 Å². The van der Waals surface area contributed by atoms with E-state index in [0.717, 1.165) is 50.4 Å². The van der Waals surface area contributed by atoms with Gasteiger partial charge in [0.15, 0.2) is 5.96 Å². The van der Waals surface area contributed by atoms with Crippen molar-refractivity contribution in [3.05, 3.63) is 24.2 Å². The maximum absolute atomic E-state index is 5.47. The highest BCUT2D eigenvalue weighted by molar-refractivity contribution is 5.80. The molecule has 1 aromatic rings. The molecule has 6 heteroatoms. The summed E-state index contributed by atoms with van der Waals surface area (Å²) in [6.07, 6.45) is 9.18. The summed E-state index contributed by atoms with van der Waals surface area (Å²) in [5.41, 5.74) is 0. The molecule has 0 radical (unpaired) electrons. The monoisotopic (exact) mass is 387 g/mol. The van der Waals surface area contributed by atoms with Crippen LogP contribution in [0, 0.1) is 0 Å². The van der Waals surface area contributed by atoms with Gasteiger partial charge in [-0.2, -0.15) is 0 Å². The zero-order valence-electron chi connectivity index (χ0n) is 17.6. The predicted molar refractivity (Wildman–Crippen MR) is 114 cm³/mol. The smallest absolute Gasteiger partial charge is 0.191 e. The van der Waals surface area contributed by atoms with Crippen LogP contribution in [0.25, 0.3) is 0 Å². The summed E-state index contributed by atoms with van der Waals surface area (Å²) < 4.78 is 5.47. The van der Waals surface area contributed by atoms with E-state index in [1.54, 1.807) is 6.26 Å². The van der Waals surface area contributed by atoms with Crippen molar-refractivity contribution in [2.24, 2.45) is 4.99 Å². The molecule has 3 fully saturated rings. The van der Waals surface area contributed by atoms with Crippen LogP contribution in [0.5, 0.6) is 0 Å². The van der Waals surface area contributed by atoms with E-state index in [-0.39, 0.29) is 0 Å². The lowest BCUT2D eigenvalue weighted by molar-refractivity contribution is 0.256. The Kier molecular flexibility index (Phi) is 6.58. The Morgan fingerprint density at radius 3 is 2.96 bits per heavy atom. The fourth-order valence-electron chi connectivity index (χ4n) is 4.90. The van der Waals surface area contributed by atoms with Crippen molar-refractivity contribution in [2.75, 3.05) is 32.7 Å². The fourth-order valence-corrected chi connectivity index (χ4v) is 4.90. The van der Waals surface area contributed by atoms with E-state index < -0.39 is 0 Å². The lowest BCUT2D eigenvalue weighted by Gasteiger charge is -2.23. The molecule has 28 heavy (non-hydrogen) atoms. The number of nitrogens with one attached hydrogen (secondary N) is 2. The third-order valence-electron chi connectivity index (χ3n) is 6.59. The standard InChI is InChI=1S/C22H37N5O/c1-3-26-12-4-6-20(26)15-24-22(23-11-10-21-7-5-13-28-21)25-18-14-17(2)27(16-18)19-8-9-19/h5,7,13,17-20H,3-4,6,8-12,14-16H2,1-2H3,(H2,23,24,25). The van der Waals surface area contributed by atoms with Crippen LogP contribution in [0.2, 0.25) is 0 Å². The molecule has 3 unspecified atom stereocenters. The molecular weight excluding hydrogens is 350 g/mol. The molecule has 1 aliphatic carbocycles. The van der Waals surface area contributed by atoms with Gasteiger partial charge in [0.25, 0.3) is 0 Å². The van der Waals surface area contributed by atoms with E-state index in [4.69, 9.17) is 9.41 Å². The highest BCUT2D eigenvalue weighted by Crippen LogP contribution is 2.33. The summed E-state index contributed by atoms with van der Waals surface area (Å²) in [6.45, 7) is 9.87. The van der Waals surface area contributed by atoms with Gasteiger partial charge >= 0.3 is 0 Å². The van der Waals surface area contributed by atoms with E-state index >= 15 is 0 Å². The second-order valence-corrected chi connectivity index (χ2v) is 8.72. The van der Waals surface area contributed by atoms with E-state index in [1.165, 1.54) is 38.6 Å². The third kappa shape index (κ3) is 5.09. The van der Waals surface area contributed by atoms with E-state index in [2.05, 4.69) is 34.3 Å². The van der Waals surface area contributed by atoms with Crippen LogP contribution in [0.1, 0.15) is 51.7 Å². The molecule has 1 saturated carbocycles. The minimum atomic E-state index is 0.497. The largest absolute Gasteiger partial charge is 0.469 e. The van der Waals surface area contributed by atoms with Crippen LogP contribution in [0.15, 0.2) is 27.8 Å². The number of guanidine groups is 1. The molecule has 4 rings (SSSR count). The molecule has 0 bridgehead atoms. The van der Waals surface area contributed by atoms with Gasteiger partial charge in [0.05, 0.1) is 12.8 Å². The third-order valence-corrected chi connectivity index (χ3v) is 6.59. The van der Waals surface area contributed by atoms with E-state index in [9.17, 15) is 0 Å². The molecule has 3 aliphatic rings. The lowest BCUT2D eigenvalue weighted by atomic mass is 10.2. The van der Waals surface area contributed by atoms with Crippen LogP contribution in [0.4, 0.5) is 0 Å². The molecule has 2 N–H and O–H groups in total. The van der Waals surface area contributed by atoms with E-state index in [1.807, 2.05) is 12.1 Å². The number of rotatable bonds is 8. The van der Waals surface area contributed by atoms with Crippen molar-refractivity contribution in [3.63, 3.8) is 0 Å². The Bertz CT molecular complexity index is 627. The number of hydrogen-bond acceptors (Lipinski definition) is 4. The van der Waals surface area contributed by atoms with Crippen LogP contribution in [0.3, 0.4) is 0 Å². The van der Waals surface area contributed by atoms with Crippen LogP contribution < -0.4 is 10.6 Å². The molecule has 3 atom stereocenters. The van der Waals surface area contributed by atoms with Crippen molar-refractivity contribution >= 4 is 5.96 Å². The Morgan fingerprint density at radius 1 is 1.32 bits per heavy atom. The van der Waals surface area contributed by atoms with Gasteiger partial charge in [-0.1, -0.05) is 6.92 Å². The van der Waals surface area contributed by atoms with Crippen molar-refractivity contribution in [1.29, 1.82) is 0 Å². The molecule has 6 nitrogen and oxygen atoms in total. The fraction of sp³-hybridized carbons (Fsp3) is 0.773. The number of hydrogen-bond donors (Lipinski definition) is 2. The second kappa shape index (κ2) is 9.31. The second-order valence-electron chi connectivity index (χ2n) is 8.72. The van der Waals surface area contributed by atoms with Gasteiger partial charge < -0.3 is 15.1 Å². The van der Waals surface area contributed by atoms with Crippen LogP contribution >= 0.6 is 0 Å². The molecule has 1 aromatic heterocycles. The average Bonchev–Trinajstić information content (AvgIpc) is 3.08. The molecule has 3 heterocycles. The molecule has 0 amide bonds. The minimum absolute atomic E-state index is 0.497. The number of likely N-dealkylation sites (tertiary alicyclic amines) is 2.